The lowest BCUT2D eigenvalue weighted by atomic mass is 9.66. The van der Waals surface area contributed by atoms with Gasteiger partial charge in [-0.25, -0.2) is 4.39 Å². The molecule has 1 fully saturated rings. The first kappa shape index (κ1) is 13.3. The van der Waals surface area contributed by atoms with Crippen molar-refractivity contribution < 1.29 is 9.18 Å². The predicted octanol–water partition coefficient (Wildman–Crippen LogP) is 4.53. The maximum Gasteiger partial charge on any atom is 0.166 e. The summed E-state index contributed by atoms with van der Waals surface area (Å²) in [7, 11) is 0. The minimum absolute atomic E-state index is 0.0656. The zero-order chi connectivity index (χ0) is 13.3. The quantitative estimate of drug-likeness (QED) is 0.702. The summed E-state index contributed by atoms with van der Waals surface area (Å²) < 4.78 is 13.1. The Bertz CT molecular complexity index is 462. The van der Waals surface area contributed by atoms with Crippen LogP contribution in [0.2, 0.25) is 0 Å². The van der Waals surface area contributed by atoms with Crippen LogP contribution in [-0.2, 0) is 0 Å². The molecule has 1 atom stereocenters. The third kappa shape index (κ3) is 2.47. The number of carbonyl (C=O) groups excluding carboxylic acids is 1. The van der Waals surface area contributed by atoms with E-state index in [9.17, 15) is 9.18 Å². The van der Waals surface area contributed by atoms with Crippen molar-refractivity contribution >= 4 is 5.78 Å². The van der Waals surface area contributed by atoms with Crippen molar-refractivity contribution in [3.05, 3.63) is 35.1 Å². The van der Waals surface area contributed by atoms with E-state index in [1.807, 2.05) is 6.92 Å². The summed E-state index contributed by atoms with van der Waals surface area (Å²) in [5.74, 6) is -0.000402. The summed E-state index contributed by atoms with van der Waals surface area (Å²) >= 11 is 0. The number of hydrogen-bond acceptors (Lipinski definition) is 1. The monoisotopic (exact) mass is 248 g/mol. The second-order valence-corrected chi connectivity index (χ2v) is 6.11. The van der Waals surface area contributed by atoms with E-state index in [1.54, 1.807) is 6.07 Å². The average molecular weight is 248 g/mol. The van der Waals surface area contributed by atoms with Gasteiger partial charge in [0.2, 0.25) is 0 Å². The van der Waals surface area contributed by atoms with E-state index >= 15 is 0 Å². The van der Waals surface area contributed by atoms with Gasteiger partial charge in [0.15, 0.2) is 5.78 Å². The molecule has 1 aromatic carbocycles. The molecule has 1 aliphatic carbocycles. The van der Waals surface area contributed by atoms with Crippen molar-refractivity contribution in [2.75, 3.05) is 0 Å². The maximum absolute atomic E-state index is 13.1. The van der Waals surface area contributed by atoms with Gasteiger partial charge in [-0.1, -0.05) is 26.7 Å². The van der Waals surface area contributed by atoms with Crippen LogP contribution in [-0.4, -0.2) is 5.78 Å². The fourth-order valence-corrected chi connectivity index (χ4v) is 3.07. The van der Waals surface area contributed by atoms with Gasteiger partial charge in [0.25, 0.3) is 0 Å². The van der Waals surface area contributed by atoms with Crippen molar-refractivity contribution in [1.82, 2.24) is 0 Å². The third-order valence-corrected chi connectivity index (χ3v) is 4.28. The van der Waals surface area contributed by atoms with Crippen LogP contribution in [0, 0.1) is 24.1 Å². The molecule has 0 aromatic heterocycles. The Hall–Kier alpha value is -1.18. The molecule has 1 nitrogen and oxygen atoms in total. The van der Waals surface area contributed by atoms with E-state index in [0.29, 0.717) is 5.56 Å². The molecular weight excluding hydrogens is 227 g/mol. The molecular formula is C16H21FO. The fourth-order valence-electron chi connectivity index (χ4n) is 3.07. The average Bonchev–Trinajstić information content (AvgIpc) is 2.27. The molecule has 0 spiro atoms. The van der Waals surface area contributed by atoms with Crippen molar-refractivity contribution in [2.45, 2.75) is 46.5 Å². The number of halogens is 1. The Labute approximate surface area is 108 Å². The number of Topliss-reactive ketones (excluding diaryl/α,β-unsaturated/α-hetero) is 1. The zero-order valence-corrected chi connectivity index (χ0v) is 11.4. The van der Waals surface area contributed by atoms with Crippen LogP contribution in [0.3, 0.4) is 0 Å². The number of ketones is 1. The van der Waals surface area contributed by atoms with E-state index in [4.69, 9.17) is 0 Å². The molecule has 0 N–H and O–H groups in total. The van der Waals surface area contributed by atoms with Gasteiger partial charge in [0, 0.05) is 11.5 Å². The van der Waals surface area contributed by atoms with Crippen molar-refractivity contribution in [1.29, 1.82) is 0 Å². The van der Waals surface area contributed by atoms with Crippen molar-refractivity contribution in [2.24, 2.45) is 11.3 Å². The molecule has 98 valence electrons. The molecule has 2 heteroatoms. The minimum atomic E-state index is -0.271. The van der Waals surface area contributed by atoms with Crippen LogP contribution < -0.4 is 0 Å². The molecule has 1 unspecified atom stereocenters. The highest BCUT2D eigenvalue weighted by Crippen LogP contribution is 2.42. The maximum atomic E-state index is 13.1. The summed E-state index contributed by atoms with van der Waals surface area (Å²) in [5, 5.41) is 0. The van der Waals surface area contributed by atoms with Gasteiger partial charge in [0.1, 0.15) is 5.82 Å². The third-order valence-electron chi connectivity index (χ3n) is 4.28. The first-order chi connectivity index (χ1) is 8.42. The van der Waals surface area contributed by atoms with E-state index in [0.717, 1.165) is 24.8 Å². The molecule has 0 radical (unpaired) electrons. The van der Waals surface area contributed by atoms with Crippen LogP contribution in [0.1, 0.15) is 55.5 Å². The van der Waals surface area contributed by atoms with Gasteiger partial charge in [-0.2, -0.15) is 0 Å². The van der Waals surface area contributed by atoms with Crippen LogP contribution in [0.15, 0.2) is 18.2 Å². The molecule has 1 saturated carbocycles. The minimum Gasteiger partial charge on any atom is -0.294 e. The van der Waals surface area contributed by atoms with E-state index in [-0.39, 0.29) is 22.9 Å². The van der Waals surface area contributed by atoms with E-state index < -0.39 is 0 Å². The fraction of sp³-hybridized carbons (Fsp3) is 0.562. The number of aryl methyl sites for hydroxylation is 1. The lowest BCUT2D eigenvalue weighted by molar-refractivity contribution is 0.0696. The van der Waals surface area contributed by atoms with Crippen LogP contribution in [0.25, 0.3) is 0 Å². The van der Waals surface area contributed by atoms with E-state index in [2.05, 4.69) is 13.8 Å². The molecule has 2 rings (SSSR count). The first-order valence-electron chi connectivity index (χ1n) is 6.72. The Balaban J connectivity index is 2.30. The van der Waals surface area contributed by atoms with Crippen LogP contribution in [0.5, 0.6) is 0 Å². The van der Waals surface area contributed by atoms with Gasteiger partial charge in [-0.05, 0) is 48.9 Å². The second-order valence-electron chi connectivity index (χ2n) is 6.11. The van der Waals surface area contributed by atoms with Gasteiger partial charge in [-0.3, -0.25) is 4.79 Å². The second kappa shape index (κ2) is 4.83. The first-order valence-corrected chi connectivity index (χ1v) is 6.72. The summed E-state index contributed by atoms with van der Waals surface area (Å²) in [4.78, 5) is 12.6. The van der Waals surface area contributed by atoms with Crippen LogP contribution >= 0.6 is 0 Å². The molecule has 0 aliphatic heterocycles. The highest BCUT2D eigenvalue weighted by atomic mass is 19.1. The highest BCUT2D eigenvalue weighted by molar-refractivity contribution is 5.99. The zero-order valence-electron chi connectivity index (χ0n) is 11.4. The Morgan fingerprint density at radius 3 is 2.67 bits per heavy atom. The predicted molar refractivity (Wildman–Crippen MR) is 71.2 cm³/mol. The van der Waals surface area contributed by atoms with Gasteiger partial charge < -0.3 is 0 Å². The molecule has 0 bridgehead atoms. The Morgan fingerprint density at radius 2 is 2.06 bits per heavy atom. The van der Waals surface area contributed by atoms with Crippen molar-refractivity contribution in [3.8, 4) is 0 Å². The largest absolute Gasteiger partial charge is 0.294 e. The van der Waals surface area contributed by atoms with E-state index in [1.165, 1.54) is 18.6 Å². The summed E-state index contributed by atoms with van der Waals surface area (Å²) in [6.07, 6.45) is 4.39. The summed E-state index contributed by atoms with van der Waals surface area (Å²) in [5.41, 5.74) is 1.51. The Kier molecular flexibility index (Phi) is 3.56. The molecule has 0 amide bonds. The normalized spacial score (nSPS) is 22.8. The SMILES string of the molecule is Cc1cc(F)ccc1C(=O)C1CCCCC1(C)C. The number of rotatable bonds is 2. The number of carbonyl (C=O) groups is 1. The van der Waals surface area contributed by atoms with Gasteiger partial charge >= 0.3 is 0 Å². The molecule has 1 aliphatic rings. The lowest BCUT2D eigenvalue weighted by Gasteiger charge is -2.37. The van der Waals surface area contributed by atoms with Gasteiger partial charge in [0.05, 0.1) is 0 Å². The Morgan fingerprint density at radius 1 is 1.33 bits per heavy atom. The molecule has 0 saturated heterocycles. The smallest absolute Gasteiger partial charge is 0.166 e. The molecule has 18 heavy (non-hydrogen) atoms. The standard InChI is InChI=1S/C16H21FO/c1-11-10-12(17)7-8-13(11)15(18)14-6-4-5-9-16(14,2)3/h7-8,10,14H,4-6,9H2,1-3H3. The number of hydrogen-bond donors (Lipinski definition) is 0. The summed E-state index contributed by atoms with van der Waals surface area (Å²) in [6, 6.07) is 4.47. The van der Waals surface area contributed by atoms with Crippen LogP contribution in [0.4, 0.5) is 4.39 Å². The lowest BCUT2D eigenvalue weighted by Crippen LogP contribution is -2.34. The van der Waals surface area contributed by atoms with Gasteiger partial charge in [-0.15, -0.1) is 0 Å². The summed E-state index contributed by atoms with van der Waals surface area (Å²) in [6.45, 7) is 6.16. The highest BCUT2D eigenvalue weighted by Gasteiger charge is 2.37. The van der Waals surface area contributed by atoms with Crippen molar-refractivity contribution in [3.63, 3.8) is 0 Å². The number of benzene rings is 1. The molecule has 0 heterocycles. The molecule has 1 aromatic rings. The topological polar surface area (TPSA) is 17.1 Å².